The number of nitrogens with one attached hydrogen (secondary N) is 1. The number of likely N-dealkylation sites (tertiary alicyclic amines) is 1. The van der Waals surface area contributed by atoms with Crippen molar-refractivity contribution in [2.75, 3.05) is 6.54 Å². The van der Waals surface area contributed by atoms with E-state index in [-0.39, 0.29) is 18.5 Å². The molecule has 2 atom stereocenters. The summed E-state index contributed by atoms with van der Waals surface area (Å²) in [4.78, 5) is 37.7. The largest absolute Gasteiger partial charge is 0.480 e. The average Bonchev–Trinajstić information content (AvgIpc) is 3.07. The smallest absolute Gasteiger partial charge is 0.416 e. The molecule has 7 nitrogen and oxygen atoms in total. The first kappa shape index (κ1) is 22.5. The molecule has 1 aromatic rings. The quantitative estimate of drug-likeness (QED) is 0.785. The third kappa shape index (κ3) is 5.85. The highest BCUT2D eigenvalue weighted by molar-refractivity contribution is 5.90. The number of ether oxygens (including phenoxy) is 1. The lowest BCUT2D eigenvalue weighted by Gasteiger charge is -2.29. The van der Waals surface area contributed by atoms with Gasteiger partial charge in [-0.3, -0.25) is 4.79 Å². The lowest BCUT2D eigenvalue weighted by molar-refractivity contribution is -0.149. The maximum absolute atomic E-state index is 13.1. The Bertz CT molecular complexity index is 789. The van der Waals surface area contributed by atoms with Crippen LogP contribution in [0.25, 0.3) is 0 Å². The number of carboxylic acids is 1. The van der Waals surface area contributed by atoms with Crippen LogP contribution in [0.3, 0.4) is 0 Å². The van der Waals surface area contributed by atoms with Crippen LogP contribution >= 0.6 is 0 Å². The van der Waals surface area contributed by atoms with Gasteiger partial charge >= 0.3 is 18.2 Å². The molecule has 1 unspecified atom stereocenters. The third-order valence-electron chi connectivity index (χ3n) is 4.28. The normalized spacial score (nSPS) is 18.3. The number of aliphatic carboxylic acids is 1. The average molecular weight is 416 g/mol. The number of nitrogens with zero attached hydrogens (tertiary/aromatic N) is 1. The highest BCUT2D eigenvalue weighted by atomic mass is 19.4. The number of amides is 2. The molecule has 0 radical (unpaired) electrons. The van der Waals surface area contributed by atoms with Gasteiger partial charge in [0, 0.05) is 6.54 Å². The Balaban J connectivity index is 2.39. The second-order valence-corrected chi connectivity index (χ2v) is 7.73. The van der Waals surface area contributed by atoms with E-state index in [1.807, 2.05) is 0 Å². The molecule has 2 rings (SSSR count). The number of carbonyl (C=O) groups excluding carboxylic acids is 2. The molecule has 1 aromatic carbocycles. The van der Waals surface area contributed by atoms with Gasteiger partial charge in [0.2, 0.25) is 0 Å². The minimum absolute atomic E-state index is 0.119. The summed E-state index contributed by atoms with van der Waals surface area (Å²) in [6.07, 6.45) is -4.99. The Kier molecular flexibility index (Phi) is 6.44. The van der Waals surface area contributed by atoms with E-state index in [1.165, 1.54) is 6.07 Å². The first-order valence-electron chi connectivity index (χ1n) is 8.99. The van der Waals surface area contributed by atoms with Gasteiger partial charge < -0.3 is 20.1 Å². The van der Waals surface area contributed by atoms with Crippen molar-refractivity contribution >= 4 is 18.0 Å². The number of benzene rings is 1. The molecule has 160 valence electrons. The summed E-state index contributed by atoms with van der Waals surface area (Å²) < 4.78 is 44.4. The summed E-state index contributed by atoms with van der Waals surface area (Å²) in [5.41, 5.74) is -2.01. The van der Waals surface area contributed by atoms with E-state index < -0.39 is 47.4 Å². The van der Waals surface area contributed by atoms with Gasteiger partial charge in [0.05, 0.1) is 5.56 Å². The number of hydrogen-bond donors (Lipinski definition) is 2. The first-order valence-corrected chi connectivity index (χ1v) is 8.99. The zero-order chi connectivity index (χ0) is 22.0. The van der Waals surface area contributed by atoms with Crippen LogP contribution in [0, 0.1) is 0 Å². The predicted octanol–water partition coefficient (Wildman–Crippen LogP) is 3.35. The standard InChI is InChI=1S/C19H23F3N2O5/c1-18(2,3)29-17(28)23-14(11-6-4-7-12(10-11)19(20,21)22)15(25)24-9-5-8-13(24)16(26)27/h4,6-7,10,13-14H,5,8-9H2,1-3H3,(H,23,28)(H,26,27)/t13-,14?/m0/s1. The molecule has 2 N–H and O–H groups in total. The monoisotopic (exact) mass is 416 g/mol. The summed E-state index contributed by atoms with van der Waals surface area (Å²) >= 11 is 0. The molecular formula is C19H23F3N2O5. The Morgan fingerprint density at radius 2 is 1.90 bits per heavy atom. The molecule has 1 heterocycles. The fourth-order valence-corrected chi connectivity index (χ4v) is 3.06. The van der Waals surface area contributed by atoms with Gasteiger partial charge in [0.15, 0.2) is 0 Å². The lowest BCUT2D eigenvalue weighted by atomic mass is 10.0. The van der Waals surface area contributed by atoms with Gasteiger partial charge in [-0.05, 0) is 51.3 Å². The molecule has 0 aromatic heterocycles. The van der Waals surface area contributed by atoms with Crippen molar-refractivity contribution in [2.45, 2.75) is 57.5 Å². The topological polar surface area (TPSA) is 95.9 Å². The fourth-order valence-electron chi connectivity index (χ4n) is 3.06. The molecule has 1 aliphatic heterocycles. The molecule has 1 aliphatic rings. The Morgan fingerprint density at radius 3 is 2.45 bits per heavy atom. The molecule has 29 heavy (non-hydrogen) atoms. The fraction of sp³-hybridized carbons (Fsp3) is 0.526. The van der Waals surface area contributed by atoms with Crippen LogP contribution in [0.1, 0.15) is 50.8 Å². The summed E-state index contributed by atoms with van der Waals surface area (Å²) in [6, 6.07) is 1.36. The number of alkyl halides is 3. The number of halogens is 3. The molecule has 2 amide bonds. The summed E-state index contributed by atoms with van der Waals surface area (Å²) in [5, 5.41) is 11.6. The minimum atomic E-state index is -4.65. The molecule has 1 fully saturated rings. The zero-order valence-electron chi connectivity index (χ0n) is 16.2. The Hall–Kier alpha value is -2.78. The van der Waals surface area contributed by atoms with Gasteiger partial charge in [-0.15, -0.1) is 0 Å². The van der Waals surface area contributed by atoms with Crippen molar-refractivity contribution in [1.82, 2.24) is 10.2 Å². The van der Waals surface area contributed by atoms with Crippen molar-refractivity contribution in [3.05, 3.63) is 35.4 Å². The van der Waals surface area contributed by atoms with Crippen molar-refractivity contribution in [3.63, 3.8) is 0 Å². The van der Waals surface area contributed by atoms with Gasteiger partial charge in [0.1, 0.15) is 17.7 Å². The van der Waals surface area contributed by atoms with Gasteiger partial charge in [-0.25, -0.2) is 9.59 Å². The van der Waals surface area contributed by atoms with E-state index >= 15 is 0 Å². The highest BCUT2D eigenvalue weighted by Crippen LogP contribution is 2.32. The van der Waals surface area contributed by atoms with E-state index in [0.717, 1.165) is 23.1 Å². The number of hydrogen-bond acceptors (Lipinski definition) is 4. The first-order chi connectivity index (χ1) is 13.3. The molecule has 0 spiro atoms. The molecule has 0 saturated carbocycles. The van der Waals surface area contributed by atoms with Crippen LogP contribution in [0.5, 0.6) is 0 Å². The van der Waals surface area contributed by atoms with Crippen molar-refractivity contribution < 1.29 is 37.4 Å². The van der Waals surface area contributed by atoms with Crippen molar-refractivity contribution in [2.24, 2.45) is 0 Å². The third-order valence-corrected chi connectivity index (χ3v) is 4.28. The van der Waals surface area contributed by atoms with Crippen LogP contribution in [0.2, 0.25) is 0 Å². The van der Waals surface area contributed by atoms with Crippen LogP contribution in [0.15, 0.2) is 24.3 Å². The van der Waals surface area contributed by atoms with Gasteiger partial charge in [-0.1, -0.05) is 12.1 Å². The number of alkyl carbamates (subject to hydrolysis) is 1. The SMILES string of the molecule is CC(C)(C)OC(=O)NC(C(=O)N1CCC[C@H]1C(=O)O)c1cccc(C(F)(F)F)c1. The number of rotatable bonds is 4. The minimum Gasteiger partial charge on any atom is -0.480 e. The molecular weight excluding hydrogens is 393 g/mol. The molecule has 0 aliphatic carbocycles. The second-order valence-electron chi connectivity index (χ2n) is 7.73. The molecule has 10 heteroatoms. The van der Waals surface area contributed by atoms with E-state index in [9.17, 15) is 32.7 Å². The van der Waals surface area contributed by atoms with Crippen LogP contribution in [-0.2, 0) is 20.5 Å². The molecule has 0 bridgehead atoms. The van der Waals surface area contributed by atoms with Gasteiger partial charge in [-0.2, -0.15) is 13.2 Å². The Morgan fingerprint density at radius 1 is 1.24 bits per heavy atom. The van der Waals surface area contributed by atoms with E-state index in [4.69, 9.17) is 4.74 Å². The summed E-state index contributed by atoms with van der Waals surface area (Å²) in [6.45, 7) is 4.90. The number of carboxylic acid groups (broad SMARTS) is 1. The zero-order valence-corrected chi connectivity index (χ0v) is 16.2. The van der Waals surface area contributed by atoms with E-state index in [1.54, 1.807) is 20.8 Å². The summed E-state index contributed by atoms with van der Waals surface area (Å²) in [5.74, 6) is -2.02. The maximum atomic E-state index is 13.1. The second kappa shape index (κ2) is 8.30. The Labute approximate surface area is 165 Å². The van der Waals surface area contributed by atoms with E-state index in [2.05, 4.69) is 5.32 Å². The lowest BCUT2D eigenvalue weighted by Crippen LogP contribution is -2.48. The molecule has 1 saturated heterocycles. The summed E-state index contributed by atoms with van der Waals surface area (Å²) in [7, 11) is 0. The number of carbonyl (C=O) groups is 3. The van der Waals surface area contributed by atoms with Crippen molar-refractivity contribution in [3.8, 4) is 0 Å². The van der Waals surface area contributed by atoms with Gasteiger partial charge in [0.25, 0.3) is 5.91 Å². The predicted molar refractivity (Wildman–Crippen MR) is 95.9 cm³/mol. The van der Waals surface area contributed by atoms with E-state index in [0.29, 0.717) is 6.42 Å². The van der Waals surface area contributed by atoms with Crippen molar-refractivity contribution in [1.29, 1.82) is 0 Å². The highest BCUT2D eigenvalue weighted by Gasteiger charge is 2.39. The van der Waals surface area contributed by atoms with Crippen LogP contribution < -0.4 is 5.32 Å². The van der Waals surface area contributed by atoms with Crippen LogP contribution in [-0.4, -0.2) is 46.2 Å². The van der Waals surface area contributed by atoms with Crippen LogP contribution in [0.4, 0.5) is 18.0 Å². The maximum Gasteiger partial charge on any atom is 0.416 e.